The molecule has 1 amide bonds. The third-order valence-electron chi connectivity index (χ3n) is 3.70. The number of hydrogen-bond donors (Lipinski definition) is 2. The maximum Gasteiger partial charge on any atom is 0.354 e. The number of nitrogens with one attached hydrogen (secondary N) is 1. The molecule has 0 radical (unpaired) electrons. The molecule has 1 saturated carbocycles. The van der Waals surface area contributed by atoms with Crippen LogP contribution < -0.4 is 5.32 Å². The van der Waals surface area contributed by atoms with Crippen LogP contribution in [0.4, 0.5) is 5.82 Å². The van der Waals surface area contributed by atoms with Crippen LogP contribution >= 0.6 is 0 Å². The van der Waals surface area contributed by atoms with E-state index in [9.17, 15) is 14.7 Å². The molecule has 106 valence electrons. The fourth-order valence-corrected chi connectivity index (χ4v) is 2.39. The lowest BCUT2D eigenvalue weighted by Crippen LogP contribution is -2.17. The van der Waals surface area contributed by atoms with E-state index in [1.165, 1.54) is 0 Å². The minimum Gasteiger partial charge on any atom is -0.477 e. The maximum atomic E-state index is 11.7. The molecule has 0 spiro atoms. The first-order chi connectivity index (χ1) is 9.65. The van der Waals surface area contributed by atoms with Crippen LogP contribution in [0.3, 0.4) is 0 Å². The van der Waals surface area contributed by atoms with Gasteiger partial charge in [0.1, 0.15) is 5.82 Å². The predicted molar refractivity (Wildman–Crippen MR) is 70.7 cm³/mol. The number of ether oxygens (including phenoxy) is 1. The summed E-state index contributed by atoms with van der Waals surface area (Å²) in [6.45, 7) is 1.17. The highest BCUT2D eigenvalue weighted by Crippen LogP contribution is 2.31. The molecule has 1 aromatic rings. The third-order valence-corrected chi connectivity index (χ3v) is 3.70. The summed E-state index contributed by atoms with van der Waals surface area (Å²) in [5.74, 6) is -0.711. The lowest BCUT2D eigenvalue weighted by atomic mass is 9.97. The van der Waals surface area contributed by atoms with Crippen molar-refractivity contribution in [2.24, 2.45) is 5.92 Å². The molecular formula is C14H16N2O4. The second-order valence-electron chi connectivity index (χ2n) is 5.26. The molecule has 20 heavy (non-hydrogen) atoms. The number of aromatic nitrogens is 1. The quantitative estimate of drug-likeness (QED) is 0.872. The molecule has 1 unspecified atom stereocenters. The van der Waals surface area contributed by atoms with Gasteiger partial charge in [-0.25, -0.2) is 9.78 Å². The van der Waals surface area contributed by atoms with Crippen LogP contribution in [-0.4, -0.2) is 35.2 Å². The van der Waals surface area contributed by atoms with E-state index in [0.29, 0.717) is 24.6 Å². The first-order valence-corrected chi connectivity index (χ1v) is 6.78. The summed E-state index contributed by atoms with van der Waals surface area (Å²) in [7, 11) is 0. The van der Waals surface area contributed by atoms with E-state index in [-0.39, 0.29) is 23.4 Å². The van der Waals surface area contributed by atoms with Gasteiger partial charge < -0.3 is 15.2 Å². The van der Waals surface area contributed by atoms with E-state index in [1.54, 1.807) is 12.1 Å². The molecule has 1 atom stereocenters. The van der Waals surface area contributed by atoms with Crippen molar-refractivity contribution in [1.82, 2.24) is 4.98 Å². The Morgan fingerprint density at radius 3 is 2.70 bits per heavy atom. The smallest absolute Gasteiger partial charge is 0.354 e. The Kier molecular flexibility index (Phi) is 3.40. The van der Waals surface area contributed by atoms with Crippen LogP contribution in [0, 0.1) is 5.92 Å². The topological polar surface area (TPSA) is 88.5 Å². The van der Waals surface area contributed by atoms with Crippen molar-refractivity contribution in [1.29, 1.82) is 0 Å². The lowest BCUT2D eigenvalue weighted by Gasteiger charge is -2.12. The van der Waals surface area contributed by atoms with E-state index in [1.807, 2.05) is 0 Å². The zero-order valence-corrected chi connectivity index (χ0v) is 11.0. The Labute approximate surface area is 116 Å². The van der Waals surface area contributed by atoms with Crippen molar-refractivity contribution in [3.8, 4) is 0 Å². The number of nitrogens with zero attached hydrogens (tertiary/aromatic N) is 1. The lowest BCUT2D eigenvalue weighted by molar-refractivity contribution is -0.117. The van der Waals surface area contributed by atoms with Crippen molar-refractivity contribution >= 4 is 17.7 Å². The molecule has 6 nitrogen and oxygen atoms in total. The highest BCUT2D eigenvalue weighted by Gasteiger charge is 2.30. The Hall–Kier alpha value is -1.95. The molecule has 1 aliphatic carbocycles. The molecule has 2 fully saturated rings. The molecule has 1 aliphatic heterocycles. The average Bonchev–Trinajstić information content (AvgIpc) is 3.15. The first kappa shape index (κ1) is 13.1. The van der Waals surface area contributed by atoms with E-state index in [0.717, 1.165) is 19.3 Å². The number of amides is 1. The van der Waals surface area contributed by atoms with Gasteiger partial charge in [0.2, 0.25) is 5.91 Å². The Morgan fingerprint density at radius 2 is 2.10 bits per heavy atom. The zero-order chi connectivity index (χ0) is 14.1. The molecule has 3 rings (SSSR count). The third kappa shape index (κ3) is 2.65. The van der Waals surface area contributed by atoms with Gasteiger partial charge in [-0.2, -0.15) is 0 Å². The molecule has 6 heteroatoms. The molecule has 2 heterocycles. The van der Waals surface area contributed by atoms with Crippen LogP contribution in [0.25, 0.3) is 0 Å². The van der Waals surface area contributed by atoms with Crippen molar-refractivity contribution in [3.63, 3.8) is 0 Å². The number of hydrogen-bond acceptors (Lipinski definition) is 4. The Balaban J connectivity index is 1.84. The first-order valence-electron chi connectivity index (χ1n) is 6.78. The molecular weight excluding hydrogens is 260 g/mol. The van der Waals surface area contributed by atoms with Crippen LogP contribution in [0.5, 0.6) is 0 Å². The largest absolute Gasteiger partial charge is 0.477 e. The molecule has 1 saturated heterocycles. The fourth-order valence-electron chi connectivity index (χ4n) is 2.39. The predicted octanol–water partition coefficient (Wildman–Crippen LogP) is 1.63. The van der Waals surface area contributed by atoms with Crippen LogP contribution in [-0.2, 0) is 9.53 Å². The molecule has 0 aromatic carbocycles. The number of carbonyl (C=O) groups is 2. The summed E-state index contributed by atoms with van der Waals surface area (Å²) in [5, 5.41) is 12.0. The minimum atomic E-state index is -1.07. The standard InChI is InChI=1S/C14H16N2O4/c17-13(8-1-2-8)16-11-4-3-10(9-5-6-20-7-9)12(15-11)14(18)19/h3-4,8-9H,1-2,5-7H2,(H,18,19)(H,15,16,17). The van der Waals surface area contributed by atoms with Crippen molar-refractivity contribution in [2.75, 3.05) is 18.5 Å². The number of carbonyl (C=O) groups excluding carboxylic acids is 1. The summed E-state index contributed by atoms with van der Waals surface area (Å²) in [4.78, 5) is 27.1. The Bertz CT molecular complexity index is 548. The summed E-state index contributed by atoms with van der Waals surface area (Å²) in [6.07, 6.45) is 2.60. The van der Waals surface area contributed by atoms with Gasteiger partial charge >= 0.3 is 5.97 Å². The Morgan fingerprint density at radius 1 is 1.30 bits per heavy atom. The SMILES string of the molecule is O=C(O)c1nc(NC(=O)C2CC2)ccc1C1CCOC1. The van der Waals surface area contributed by atoms with Crippen molar-refractivity contribution < 1.29 is 19.4 Å². The monoisotopic (exact) mass is 276 g/mol. The number of carboxylic acid groups (broad SMARTS) is 1. The van der Waals surface area contributed by atoms with E-state index < -0.39 is 5.97 Å². The number of rotatable bonds is 4. The number of pyridine rings is 1. The van der Waals surface area contributed by atoms with Gasteiger partial charge in [0.25, 0.3) is 0 Å². The van der Waals surface area contributed by atoms with Gasteiger partial charge in [-0.3, -0.25) is 4.79 Å². The van der Waals surface area contributed by atoms with Gasteiger partial charge in [0.15, 0.2) is 5.69 Å². The summed E-state index contributed by atoms with van der Waals surface area (Å²) >= 11 is 0. The molecule has 2 aliphatic rings. The maximum absolute atomic E-state index is 11.7. The number of aromatic carboxylic acids is 1. The van der Waals surface area contributed by atoms with E-state index in [2.05, 4.69) is 10.3 Å². The second kappa shape index (κ2) is 5.20. The zero-order valence-electron chi connectivity index (χ0n) is 11.0. The second-order valence-corrected chi connectivity index (χ2v) is 5.26. The van der Waals surface area contributed by atoms with Crippen molar-refractivity contribution in [2.45, 2.75) is 25.2 Å². The summed E-state index contributed by atoms with van der Waals surface area (Å²) < 4.78 is 5.29. The molecule has 1 aromatic heterocycles. The minimum absolute atomic E-state index is 0.00842. The van der Waals surface area contributed by atoms with Crippen LogP contribution in [0.15, 0.2) is 12.1 Å². The summed E-state index contributed by atoms with van der Waals surface area (Å²) in [6, 6.07) is 3.40. The number of carboxylic acids is 1. The van der Waals surface area contributed by atoms with E-state index in [4.69, 9.17) is 4.74 Å². The molecule has 0 bridgehead atoms. The summed E-state index contributed by atoms with van der Waals surface area (Å²) in [5.41, 5.74) is 0.688. The number of anilines is 1. The van der Waals surface area contributed by atoms with Gasteiger partial charge in [-0.05, 0) is 30.9 Å². The van der Waals surface area contributed by atoms with Gasteiger partial charge in [-0.15, -0.1) is 0 Å². The van der Waals surface area contributed by atoms with Gasteiger partial charge in [0.05, 0.1) is 6.61 Å². The van der Waals surface area contributed by atoms with E-state index >= 15 is 0 Å². The highest BCUT2D eigenvalue weighted by atomic mass is 16.5. The van der Waals surface area contributed by atoms with Gasteiger partial charge in [0, 0.05) is 18.4 Å². The normalized spacial score (nSPS) is 21.7. The average molecular weight is 276 g/mol. The van der Waals surface area contributed by atoms with Crippen molar-refractivity contribution in [3.05, 3.63) is 23.4 Å². The molecule has 2 N–H and O–H groups in total. The van der Waals surface area contributed by atoms with Crippen LogP contribution in [0.1, 0.15) is 41.2 Å². The highest BCUT2D eigenvalue weighted by molar-refractivity contribution is 5.94. The van der Waals surface area contributed by atoms with Gasteiger partial charge in [-0.1, -0.05) is 6.07 Å². The fraction of sp³-hybridized carbons (Fsp3) is 0.500. The van der Waals surface area contributed by atoms with Crippen LogP contribution in [0.2, 0.25) is 0 Å².